The van der Waals surface area contributed by atoms with Crippen molar-refractivity contribution in [2.75, 3.05) is 18.2 Å². The maximum absolute atomic E-state index is 12.0. The summed E-state index contributed by atoms with van der Waals surface area (Å²) in [7, 11) is 1.64. The highest BCUT2D eigenvalue weighted by atomic mass is 32.2. The number of nitrogens with zero attached hydrogens (tertiary/aromatic N) is 4. The lowest BCUT2D eigenvalue weighted by Crippen LogP contribution is -2.14. The largest absolute Gasteiger partial charge is 0.497 e. The molecule has 0 bridgehead atoms. The summed E-state index contributed by atoms with van der Waals surface area (Å²) in [4.78, 5) is 17.7. The normalized spacial score (nSPS) is 10.8. The van der Waals surface area contributed by atoms with Crippen LogP contribution in [0.15, 0.2) is 52.0 Å². The molecule has 3 heterocycles. The van der Waals surface area contributed by atoms with Crippen molar-refractivity contribution in [2.45, 2.75) is 18.9 Å². The number of aryl methyl sites for hydroxylation is 2. The number of benzene rings is 1. The van der Waals surface area contributed by atoms with Gasteiger partial charge in [0.05, 0.1) is 23.4 Å². The fraction of sp³-hybridized carbons (Fsp3) is 0.190. The third-order valence-corrected chi connectivity index (χ3v) is 6.38. The molecule has 0 aliphatic rings. The number of methoxy groups -OCH3 is 1. The third-order valence-electron chi connectivity index (χ3n) is 4.23. The smallest absolute Gasteiger partial charge is 0.236 e. The number of amides is 1. The van der Waals surface area contributed by atoms with Gasteiger partial charge in [0.1, 0.15) is 27.2 Å². The van der Waals surface area contributed by atoms with E-state index in [1.54, 1.807) is 31.4 Å². The Bertz CT molecular complexity index is 1200. The Labute approximate surface area is 187 Å². The van der Waals surface area contributed by atoms with Gasteiger partial charge in [-0.1, -0.05) is 29.1 Å². The van der Waals surface area contributed by atoms with Crippen LogP contribution >= 0.6 is 23.1 Å². The molecule has 4 aromatic rings. The minimum Gasteiger partial charge on any atom is -0.497 e. The number of hydrogen-bond donors (Lipinski definition) is 1. The van der Waals surface area contributed by atoms with Crippen molar-refractivity contribution in [3.05, 3.63) is 53.9 Å². The third kappa shape index (κ3) is 5.09. The molecule has 4 rings (SSSR count). The van der Waals surface area contributed by atoms with Crippen LogP contribution in [0.2, 0.25) is 0 Å². The molecule has 0 radical (unpaired) electrons. The fourth-order valence-corrected chi connectivity index (χ4v) is 4.42. The maximum atomic E-state index is 12.0. The molecule has 0 saturated heterocycles. The Balaban J connectivity index is 1.42. The molecule has 0 atom stereocenters. The van der Waals surface area contributed by atoms with Crippen LogP contribution in [0.5, 0.6) is 5.75 Å². The van der Waals surface area contributed by atoms with Crippen molar-refractivity contribution in [1.29, 1.82) is 0 Å². The first kappa shape index (κ1) is 21.0. The highest BCUT2D eigenvalue weighted by Crippen LogP contribution is 2.35. The van der Waals surface area contributed by atoms with Gasteiger partial charge < -0.3 is 14.6 Å². The van der Waals surface area contributed by atoms with E-state index in [0.717, 1.165) is 32.6 Å². The van der Waals surface area contributed by atoms with Crippen molar-refractivity contribution < 1.29 is 14.1 Å². The Morgan fingerprint density at radius 3 is 2.77 bits per heavy atom. The minimum absolute atomic E-state index is 0.189. The molecule has 1 amide bonds. The number of carbonyl (C=O) groups excluding carboxylic acids is 1. The Kier molecular flexibility index (Phi) is 6.28. The summed E-state index contributed by atoms with van der Waals surface area (Å²) in [5.74, 6) is 1.83. The SMILES string of the molecule is COc1cccc(-c2nc(C)c(-c3ccc(SCC(=O)Nc4cc(C)on4)nn3)s2)c1. The summed E-state index contributed by atoms with van der Waals surface area (Å²) in [6.45, 7) is 3.72. The van der Waals surface area contributed by atoms with E-state index in [-0.39, 0.29) is 11.7 Å². The zero-order valence-electron chi connectivity index (χ0n) is 17.1. The Hall–Kier alpha value is -3.24. The summed E-state index contributed by atoms with van der Waals surface area (Å²) in [5, 5.41) is 16.5. The van der Waals surface area contributed by atoms with Gasteiger partial charge in [0.25, 0.3) is 0 Å². The van der Waals surface area contributed by atoms with Crippen molar-refractivity contribution in [3.8, 4) is 26.9 Å². The summed E-state index contributed by atoms with van der Waals surface area (Å²) >= 11 is 2.85. The number of nitrogens with one attached hydrogen (secondary N) is 1. The quantitative estimate of drug-likeness (QED) is 0.405. The molecule has 1 aromatic carbocycles. The molecule has 3 aromatic heterocycles. The first-order chi connectivity index (χ1) is 15.0. The molecule has 0 spiro atoms. The molecule has 0 unspecified atom stereocenters. The lowest BCUT2D eigenvalue weighted by atomic mass is 10.2. The number of thioether (sulfide) groups is 1. The second-order valence-electron chi connectivity index (χ2n) is 6.58. The number of ether oxygens (including phenoxy) is 1. The molecule has 10 heteroatoms. The number of hydrogen-bond acceptors (Lipinski definition) is 9. The van der Waals surface area contributed by atoms with Crippen LogP contribution in [0.4, 0.5) is 5.82 Å². The second-order valence-corrected chi connectivity index (χ2v) is 8.58. The molecule has 31 heavy (non-hydrogen) atoms. The van der Waals surface area contributed by atoms with Gasteiger partial charge in [0, 0.05) is 11.6 Å². The molecule has 1 N–H and O–H groups in total. The topological polar surface area (TPSA) is 103 Å². The van der Waals surface area contributed by atoms with E-state index in [1.165, 1.54) is 11.8 Å². The van der Waals surface area contributed by atoms with Crippen molar-refractivity contribution in [1.82, 2.24) is 20.3 Å². The predicted molar refractivity (Wildman–Crippen MR) is 120 cm³/mol. The molecule has 8 nitrogen and oxygen atoms in total. The number of thiazole rings is 1. The average molecular weight is 454 g/mol. The summed E-state index contributed by atoms with van der Waals surface area (Å²) in [6.07, 6.45) is 0. The summed E-state index contributed by atoms with van der Waals surface area (Å²) in [5.41, 5.74) is 2.63. The molecule has 0 aliphatic heterocycles. The maximum Gasteiger partial charge on any atom is 0.236 e. The monoisotopic (exact) mass is 453 g/mol. The van der Waals surface area contributed by atoms with Crippen molar-refractivity contribution >= 4 is 34.8 Å². The Morgan fingerprint density at radius 2 is 2.06 bits per heavy atom. The van der Waals surface area contributed by atoms with E-state index in [1.807, 2.05) is 43.3 Å². The number of carbonyl (C=O) groups is 1. The average Bonchev–Trinajstić information content (AvgIpc) is 3.38. The van der Waals surface area contributed by atoms with Crippen molar-refractivity contribution in [3.63, 3.8) is 0 Å². The lowest BCUT2D eigenvalue weighted by molar-refractivity contribution is -0.113. The van der Waals surface area contributed by atoms with Gasteiger partial charge in [0.15, 0.2) is 5.82 Å². The standard InChI is InChI=1S/C21H19N5O3S2/c1-12-9-17(26-29-12)23-18(27)11-30-19-8-7-16(24-25-19)20-13(2)22-21(31-20)14-5-4-6-15(10-14)28-3/h4-10H,11H2,1-3H3,(H,23,26,27). The summed E-state index contributed by atoms with van der Waals surface area (Å²) in [6, 6.07) is 13.2. The van der Waals surface area contributed by atoms with Crippen LogP contribution in [-0.2, 0) is 4.79 Å². The lowest BCUT2D eigenvalue weighted by Gasteiger charge is -2.02. The highest BCUT2D eigenvalue weighted by Gasteiger charge is 2.14. The van der Waals surface area contributed by atoms with Gasteiger partial charge in [-0.2, -0.15) is 0 Å². The first-order valence-electron chi connectivity index (χ1n) is 9.34. The van der Waals surface area contributed by atoms with E-state index in [2.05, 4.69) is 25.7 Å². The van der Waals surface area contributed by atoms with Crippen LogP contribution in [0.25, 0.3) is 21.1 Å². The molecular formula is C21H19N5O3S2. The minimum atomic E-state index is -0.189. The van der Waals surface area contributed by atoms with Crippen LogP contribution in [0, 0.1) is 13.8 Å². The van der Waals surface area contributed by atoms with E-state index >= 15 is 0 Å². The molecular weight excluding hydrogens is 434 g/mol. The van der Waals surface area contributed by atoms with Crippen LogP contribution in [0.3, 0.4) is 0 Å². The highest BCUT2D eigenvalue weighted by molar-refractivity contribution is 7.99. The van der Waals surface area contributed by atoms with Crippen LogP contribution < -0.4 is 10.1 Å². The first-order valence-corrected chi connectivity index (χ1v) is 11.1. The van der Waals surface area contributed by atoms with E-state index in [9.17, 15) is 4.79 Å². The van der Waals surface area contributed by atoms with Crippen molar-refractivity contribution in [2.24, 2.45) is 0 Å². The predicted octanol–water partition coefficient (Wildman–Crippen LogP) is 4.61. The zero-order valence-corrected chi connectivity index (χ0v) is 18.7. The van der Waals surface area contributed by atoms with E-state index in [0.29, 0.717) is 16.6 Å². The number of anilines is 1. The van der Waals surface area contributed by atoms with Gasteiger partial charge in [-0.15, -0.1) is 21.5 Å². The number of aromatic nitrogens is 4. The van der Waals surface area contributed by atoms with E-state index < -0.39 is 0 Å². The van der Waals surface area contributed by atoms with Gasteiger partial charge in [0.2, 0.25) is 5.91 Å². The fourth-order valence-electron chi connectivity index (χ4n) is 2.78. The molecule has 0 aliphatic carbocycles. The molecule has 0 fully saturated rings. The van der Waals surface area contributed by atoms with Crippen LogP contribution in [0.1, 0.15) is 11.5 Å². The summed E-state index contributed by atoms with van der Waals surface area (Å²) < 4.78 is 10.2. The van der Waals surface area contributed by atoms with Gasteiger partial charge in [-0.05, 0) is 38.1 Å². The van der Waals surface area contributed by atoms with Gasteiger partial charge >= 0.3 is 0 Å². The van der Waals surface area contributed by atoms with Gasteiger partial charge in [-0.25, -0.2) is 4.98 Å². The Morgan fingerprint density at radius 1 is 1.19 bits per heavy atom. The molecule has 0 saturated carbocycles. The van der Waals surface area contributed by atoms with Gasteiger partial charge in [-0.3, -0.25) is 4.79 Å². The second kappa shape index (κ2) is 9.27. The molecule has 158 valence electrons. The number of rotatable bonds is 7. The van der Waals surface area contributed by atoms with Crippen LogP contribution in [-0.4, -0.2) is 39.1 Å². The van der Waals surface area contributed by atoms with E-state index in [4.69, 9.17) is 9.26 Å². The zero-order chi connectivity index (χ0) is 21.8.